The Morgan fingerprint density at radius 2 is 1.47 bits per heavy atom. The Bertz CT molecular complexity index is 865. The summed E-state index contributed by atoms with van der Waals surface area (Å²) in [6.45, 7) is 3.44. The highest BCUT2D eigenvalue weighted by molar-refractivity contribution is 7.97. The number of nitrogens with zero attached hydrogens (tertiary/aromatic N) is 4. The fourth-order valence-corrected chi connectivity index (χ4v) is 4.23. The van der Waals surface area contributed by atoms with Gasteiger partial charge in [-0.15, -0.1) is 0 Å². The lowest BCUT2D eigenvalue weighted by molar-refractivity contribution is 0.163. The molecule has 8 heteroatoms. The highest BCUT2D eigenvalue weighted by atomic mass is 32.2. The first kappa shape index (κ1) is 22.1. The molecule has 3 rings (SSSR count). The van der Waals surface area contributed by atoms with E-state index < -0.39 is 6.10 Å². The Morgan fingerprint density at radius 3 is 1.87 bits per heavy atom. The maximum absolute atomic E-state index is 10.8. The number of aromatic nitrogens is 3. The smallest absolute Gasteiger partial charge is 0.156 e. The van der Waals surface area contributed by atoms with E-state index in [0.29, 0.717) is 5.82 Å². The fourth-order valence-electron chi connectivity index (χ4n) is 3.08. The Labute approximate surface area is 181 Å². The van der Waals surface area contributed by atoms with E-state index in [1.165, 1.54) is 6.33 Å². The van der Waals surface area contributed by atoms with Crippen molar-refractivity contribution in [3.05, 3.63) is 71.8 Å². The predicted octanol–water partition coefficient (Wildman–Crippen LogP) is 3.60. The molecule has 0 radical (unpaired) electrons. The molecule has 2 aromatic carbocycles. The number of aliphatic hydroxyl groups excluding tert-OH is 1. The highest BCUT2D eigenvalue weighted by Gasteiger charge is 2.24. The Morgan fingerprint density at radius 1 is 0.967 bits per heavy atom. The van der Waals surface area contributed by atoms with E-state index in [2.05, 4.69) is 38.7 Å². The van der Waals surface area contributed by atoms with Crippen molar-refractivity contribution in [3.63, 3.8) is 0 Å². The van der Waals surface area contributed by atoms with Crippen LogP contribution in [-0.4, -0.2) is 43.6 Å². The largest absolute Gasteiger partial charge is 0.497 e. The van der Waals surface area contributed by atoms with Gasteiger partial charge < -0.3 is 14.6 Å². The molecule has 1 N–H and O–H groups in total. The molecule has 0 saturated carbocycles. The summed E-state index contributed by atoms with van der Waals surface area (Å²) in [5, 5.41) is 14.7. The zero-order valence-electron chi connectivity index (χ0n) is 17.7. The molecule has 1 heterocycles. The number of aliphatic hydroxyl groups is 1. The van der Waals surface area contributed by atoms with Gasteiger partial charge in [0, 0.05) is 25.4 Å². The third-order valence-electron chi connectivity index (χ3n) is 4.81. The van der Waals surface area contributed by atoms with Crippen molar-refractivity contribution in [2.45, 2.75) is 31.4 Å². The summed E-state index contributed by atoms with van der Waals surface area (Å²) in [5.41, 5.74) is 2.33. The van der Waals surface area contributed by atoms with Gasteiger partial charge in [0.2, 0.25) is 0 Å². The molecule has 0 saturated heterocycles. The minimum Gasteiger partial charge on any atom is -0.497 e. The van der Waals surface area contributed by atoms with Crippen molar-refractivity contribution < 1.29 is 14.6 Å². The van der Waals surface area contributed by atoms with E-state index >= 15 is 0 Å². The molecule has 0 aliphatic rings. The van der Waals surface area contributed by atoms with Gasteiger partial charge in [-0.1, -0.05) is 36.2 Å². The second-order valence-corrected chi connectivity index (χ2v) is 8.46. The van der Waals surface area contributed by atoms with E-state index in [1.54, 1.807) is 37.9 Å². The quantitative estimate of drug-likeness (QED) is 0.495. The SMILES string of the molecule is COc1ccc(CN(Cc2ccc(OC)cc2)SC(C)C(O)c2ncnn2C)cc1. The molecule has 0 spiro atoms. The van der Waals surface area contributed by atoms with Crippen LogP contribution in [0.1, 0.15) is 30.0 Å². The number of ether oxygens (including phenoxy) is 2. The summed E-state index contributed by atoms with van der Waals surface area (Å²) in [4.78, 5) is 4.19. The first-order valence-corrected chi connectivity index (χ1v) is 10.5. The average molecular weight is 429 g/mol. The van der Waals surface area contributed by atoms with Gasteiger partial charge in [0.15, 0.2) is 5.82 Å². The lowest BCUT2D eigenvalue weighted by Gasteiger charge is -2.27. The maximum atomic E-state index is 10.8. The molecule has 2 unspecified atom stereocenters. The third kappa shape index (κ3) is 5.75. The minimum atomic E-state index is -0.725. The highest BCUT2D eigenvalue weighted by Crippen LogP contribution is 2.30. The number of hydrogen-bond donors (Lipinski definition) is 1. The van der Waals surface area contributed by atoms with Gasteiger partial charge in [0.25, 0.3) is 0 Å². The lowest BCUT2D eigenvalue weighted by atomic mass is 10.2. The van der Waals surface area contributed by atoms with Crippen LogP contribution in [0.3, 0.4) is 0 Å². The van der Waals surface area contributed by atoms with E-state index in [0.717, 1.165) is 35.7 Å². The summed E-state index contributed by atoms with van der Waals surface area (Å²) in [7, 11) is 5.11. The van der Waals surface area contributed by atoms with E-state index in [-0.39, 0.29) is 5.25 Å². The first-order chi connectivity index (χ1) is 14.5. The van der Waals surface area contributed by atoms with Crippen LogP contribution in [0.15, 0.2) is 54.9 Å². The number of aryl methyl sites for hydroxylation is 1. The summed E-state index contributed by atoms with van der Waals surface area (Å²) in [5.74, 6) is 2.22. The van der Waals surface area contributed by atoms with Gasteiger partial charge in [0.1, 0.15) is 23.9 Å². The van der Waals surface area contributed by atoms with Crippen LogP contribution in [0.4, 0.5) is 0 Å². The minimum absolute atomic E-state index is 0.107. The van der Waals surface area contributed by atoms with Gasteiger partial charge >= 0.3 is 0 Å². The van der Waals surface area contributed by atoms with Gasteiger partial charge in [-0.25, -0.2) is 9.29 Å². The summed E-state index contributed by atoms with van der Waals surface area (Å²) < 4.78 is 14.4. The molecule has 7 nitrogen and oxygen atoms in total. The van der Waals surface area contributed by atoms with Crippen molar-refractivity contribution in [2.75, 3.05) is 14.2 Å². The molecule has 30 heavy (non-hydrogen) atoms. The lowest BCUT2D eigenvalue weighted by Crippen LogP contribution is -2.23. The zero-order valence-corrected chi connectivity index (χ0v) is 18.5. The average Bonchev–Trinajstić information content (AvgIpc) is 3.20. The number of hydrogen-bond acceptors (Lipinski definition) is 7. The number of benzene rings is 2. The normalized spacial score (nSPS) is 13.3. The van der Waals surface area contributed by atoms with Crippen molar-refractivity contribution in [3.8, 4) is 11.5 Å². The third-order valence-corrected chi connectivity index (χ3v) is 5.95. The van der Waals surface area contributed by atoms with Crippen LogP contribution in [0, 0.1) is 0 Å². The second kappa shape index (κ2) is 10.5. The van der Waals surface area contributed by atoms with Gasteiger partial charge in [-0.3, -0.25) is 4.68 Å². The summed E-state index contributed by atoms with van der Waals surface area (Å²) in [6.07, 6.45) is 0.735. The van der Waals surface area contributed by atoms with Crippen LogP contribution in [0.5, 0.6) is 11.5 Å². The molecule has 2 atom stereocenters. The van der Waals surface area contributed by atoms with Crippen molar-refractivity contribution >= 4 is 11.9 Å². The maximum Gasteiger partial charge on any atom is 0.156 e. The molecule has 160 valence electrons. The van der Waals surface area contributed by atoms with E-state index in [4.69, 9.17) is 9.47 Å². The van der Waals surface area contributed by atoms with Gasteiger partial charge in [0.05, 0.1) is 14.2 Å². The molecule has 3 aromatic rings. The summed E-state index contributed by atoms with van der Waals surface area (Å²) in [6, 6.07) is 16.1. The van der Waals surface area contributed by atoms with Gasteiger partial charge in [-0.05, 0) is 42.3 Å². The van der Waals surface area contributed by atoms with Crippen molar-refractivity contribution in [2.24, 2.45) is 7.05 Å². The second-order valence-electron chi connectivity index (χ2n) is 6.99. The fraction of sp³-hybridized carbons (Fsp3) is 0.364. The van der Waals surface area contributed by atoms with Crippen LogP contribution in [-0.2, 0) is 20.1 Å². The van der Waals surface area contributed by atoms with Crippen LogP contribution < -0.4 is 9.47 Å². The molecule has 0 amide bonds. The Kier molecular flexibility index (Phi) is 7.73. The molecular weight excluding hydrogens is 400 g/mol. The van der Waals surface area contributed by atoms with E-state index in [1.807, 2.05) is 31.2 Å². The molecule has 0 aliphatic carbocycles. The van der Waals surface area contributed by atoms with Crippen molar-refractivity contribution in [1.29, 1.82) is 0 Å². The monoisotopic (exact) mass is 428 g/mol. The molecular formula is C22H28N4O3S. The van der Waals surface area contributed by atoms with Gasteiger partial charge in [-0.2, -0.15) is 5.10 Å². The Hall–Kier alpha value is -2.55. The number of rotatable bonds is 10. The molecule has 1 aromatic heterocycles. The van der Waals surface area contributed by atoms with Crippen LogP contribution >= 0.6 is 11.9 Å². The van der Waals surface area contributed by atoms with Crippen molar-refractivity contribution in [1.82, 2.24) is 19.1 Å². The van der Waals surface area contributed by atoms with Crippen LogP contribution in [0.2, 0.25) is 0 Å². The van der Waals surface area contributed by atoms with E-state index in [9.17, 15) is 5.11 Å². The Balaban J connectivity index is 1.75. The number of methoxy groups -OCH3 is 2. The standard InChI is InChI=1S/C22H28N4O3S/c1-16(21(27)22-23-15-24-25(22)2)30-26(13-17-5-9-19(28-3)10-6-17)14-18-7-11-20(29-4)12-8-18/h5-12,15-16,21,27H,13-14H2,1-4H3. The zero-order chi connectivity index (χ0) is 21.5. The first-order valence-electron chi connectivity index (χ1n) is 9.69. The molecule has 0 aliphatic heterocycles. The molecule has 0 bridgehead atoms. The summed E-state index contributed by atoms with van der Waals surface area (Å²) >= 11 is 1.61. The predicted molar refractivity (Wildman–Crippen MR) is 118 cm³/mol. The molecule has 0 fully saturated rings. The topological polar surface area (TPSA) is 72.6 Å². The van der Waals surface area contributed by atoms with Crippen LogP contribution in [0.25, 0.3) is 0 Å².